The number of hydrogen-bond donors (Lipinski definition) is 2. The van der Waals surface area contributed by atoms with Crippen molar-refractivity contribution >= 4 is 28.0 Å². The van der Waals surface area contributed by atoms with Crippen LogP contribution < -0.4 is 10.5 Å². The molecule has 0 aliphatic heterocycles. The Kier molecular flexibility index (Phi) is 3.61. The van der Waals surface area contributed by atoms with Gasteiger partial charge in [0.2, 0.25) is 0 Å². The van der Waals surface area contributed by atoms with Crippen LogP contribution in [-0.2, 0) is 10.2 Å². The van der Waals surface area contributed by atoms with Gasteiger partial charge in [-0.3, -0.25) is 4.79 Å². The summed E-state index contributed by atoms with van der Waals surface area (Å²) in [5.74, 6) is -0.0290. The lowest BCUT2D eigenvalue weighted by atomic mass is 9.65. The average molecular weight is 366 g/mol. The van der Waals surface area contributed by atoms with Gasteiger partial charge in [-0.05, 0) is 67.5 Å². The second-order valence-electron chi connectivity index (χ2n) is 6.44. The number of fused-ring (bicyclic) bond motifs is 2. The standard InChI is InChI=1S/C17H20BrNO3/c1-10-7-11-8-14(18)16(12(11)9-13(10)22-2)3-5-17(19,6-4-16)15(20)21/h7-9H,3-6,19H2,1-2H3,(H,20,21). The van der Waals surface area contributed by atoms with Crippen LogP contribution in [0.25, 0.3) is 6.08 Å². The molecule has 5 heteroatoms. The topological polar surface area (TPSA) is 72.5 Å². The summed E-state index contributed by atoms with van der Waals surface area (Å²) >= 11 is 3.72. The molecule has 2 aliphatic rings. The Morgan fingerprint density at radius 2 is 1.95 bits per heavy atom. The zero-order valence-electron chi connectivity index (χ0n) is 12.8. The highest BCUT2D eigenvalue weighted by Crippen LogP contribution is 2.55. The summed E-state index contributed by atoms with van der Waals surface area (Å²) in [7, 11) is 1.68. The number of methoxy groups -OCH3 is 1. The number of nitrogens with two attached hydrogens (primary N) is 1. The van der Waals surface area contributed by atoms with Gasteiger partial charge in [-0.2, -0.15) is 0 Å². The largest absolute Gasteiger partial charge is 0.496 e. The Hall–Kier alpha value is -1.33. The second kappa shape index (κ2) is 5.10. The van der Waals surface area contributed by atoms with Crippen molar-refractivity contribution < 1.29 is 14.6 Å². The molecule has 0 bridgehead atoms. The molecule has 1 aromatic rings. The number of rotatable bonds is 2. The molecule has 22 heavy (non-hydrogen) atoms. The average Bonchev–Trinajstić information content (AvgIpc) is 2.73. The number of allylic oxidation sites excluding steroid dienone is 1. The van der Waals surface area contributed by atoms with E-state index >= 15 is 0 Å². The van der Waals surface area contributed by atoms with Crippen molar-refractivity contribution in [1.82, 2.24) is 0 Å². The van der Waals surface area contributed by atoms with E-state index in [0.29, 0.717) is 12.8 Å². The maximum atomic E-state index is 11.4. The number of benzene rings is 1. The van der Waals surface area contributed by atoms with Crippen LogP contribution in [-0.4, -0.2) is 23.7 Å². The van der Waals surface area contributed by atoms with Gasteiger partial charge in [0.25, 0.3) is 0 Å². The summed E-state index contributed by atoms with van der Waals surface area (Å²) < 4.78 is 6.58. The first-order valence-corrected chi connectivity index (χ1v) is 8.21. The summed E-state index contributed by atoms with van der Waals surface area (Å²) in [5, 5.41) is 9.34. The van der Waals surface area contributed by atoms with Crippen molar-refractivity contribution in [2.24, 2.45) is 5.73 Å². The highest BCUT2D eigenvalue weighted by molar-refractivity contribution is 9.11. The van der Waals surface area contributed by atoms with Gasteiger partial charge in [0.05, 0.1) is 7.11 Å². The fourth-order valence-corrected chi connectivity index (χ4v) is 4.57. The number of carboxylic acid groups (broad SMARTS) is 1. The molecule has 3 N–H and O–H groups in total. The fourth-order valence-electron chi connectivity index (χ4n) is 3.71. The van der Waals surface area contributed by atoms with Crippen LogP contribution in [0.3, 0.4) is 0 Å². The molecule has 1 aromatic carbocycles. The minimum Gasteiger partial charge on any atom is -0.496 e. The molecule has 0 atom stereocenters. The van der Waals surface area contributed by atoms with Gasteiger partial charge < -0.3 is 15.6 Å². The maximum absolute atomic E-state index is 11.4. The van der Waals surface area contributed by atoms with E-state index in [9.17, 15) is 9.90 Å². The molecule has 2 aliphatic carbocycles. The van der Waals surface area contributed by atoms with Gasteiger partial charge in [0.1, 0.15) is 11.3 Å². The Labute approximate surface area is 138 Å². The predicted octanol–water partition coefficient (Wildman–Crippen LogP) is 3.35. The number of hydrogen-bond acceptors (Lipinski definition) is 3. The van der Waals surface area contributed by atoms with Crippen LogP contribution in [0.2, 0.25) is 0 Å². The first-order chi connectivity index (χ1) is 10.3. The van der Waals surface area contributed by atoms with Gasteiger partial charge >= 0.3 is 5.97 Å². The number of aryl methyl sites for hydroxylation is 1. The Balaban J connectivity index is 2.01. The number of ether oxygens (including phenoxy) is 1. The molecule has 0 amide bonds. The lowest BCUT2D eigenvalue weighted by Gasteiger charge is -2.42. The monoisotopic (exact) mass is 365 g/mol. The van der Waals surface area contributed by atoms with Gasteiger partial charge in [-0.25, -0.2) is 0 Å². The molecule has 1 spiro atoms. The lowest BCUT2D eigenvalue weighted by Crippen LogP contribution is -2.53. The third-order valence-corrected chi connectivity index (χ3v) is 6.23. The molecular formula is C17H20BrNO3. The Bertz CT molecular complexity index is 673. The summed E-state index contributed by atoms with van der Waals surface area (Å²) in [5.41, 5.74) is 8.28. The van der Waals surface area contributed by atoms with Crippen molar-refractivity contribution in [3.05, 3.63) is 33.3 Å². The first-order valence-electron chi connectivity index (χ1n) is 7.41. The van der Waals surface area contributed by atoms with Gasteiger partial charge in [0, 0.05) is 9.90 Å². The minimum atomic E-state index is -1.10. The third kappa shape index (κ3) is 2.10. The normalized spacial score (nSPS) is 30.1. The smallest absolute Gasteiger partial charge is 0.323 e. The van der Waals surface area contributed by atoms with E-state index in [0.717, 1.165) is 28.6 Å². The van der Waals surface area contributed by atoms with E-state index in [2.05, 4.69) is 34.1 Å². The van der Waals surface area contributed by atoms with Crippen LogP contribution in [0, 0.1) is 6.92 Å². The van der Waals surface area contributed by atoms with Crippen molar-refractivity contribution in [2.75, 3.05) is 7.11 Å². The van der Waals surface area contributed by atoms with E-state index in [4.69, 9.17) is 10.5 Å². The SMILES string of the molecule is COc1cc2c(cc1C)C=C(Br)C21CCC(N)(C(=O)O)CC1. The van der Waals surface area contributed by atoms with E-state index in [1.165, 1.54) is 11.1 Å². The Morgan fingerprint density at radius 1 is 1.32 bits per heavy atom. The molecular weight excluding hydrogens is 346 g/mol. The maximum Gasteiger partial charge on any atom is 0.323 e. The number of carboxylic acids is 1. The van der Waals surface area contributed by atoms with E-state index in [1.807, 2.05) is 6.92 Å². The lowest BCUT2D eigenvalue weighted by molar-refractivity contribution is -0.145. The number of carbonyl (C=O) groups is 1. The molecule has 1 fully saturated rings. The first kappa shape index (κ1) is 15.6. The second-order valence-corrected chi connectivity index (χ2v) is 7.30. The van der Waals surface area contributed by atoms with Crippen molar-refractivity contribution in [2.45, 2.75) is 43.6 Å². The Morgan fingerprint density at radius 3 is 2.50 bits per heavy atom. The zero-order valence-corrected chi connectivity index (χ0v) is 14.4. The van der Waals surface area contributed by atoms with Gasteiger partial charge in [-0.15, -0.1) is 0 Å². The number of halogens is 1. The highest BCUT2D eigenvalue weighted by atomic mass is 79.9. The summed E-state index contributed by atoms with van der Waals surface area (Å²) in [6, 6.07) is 4.23. The van der Waals surface area contributed by atoms with E-state index in [1.54, 1.807) is 7.11 Å². The van der Waals surface area contributed by atoms with Crippen LogP contribution in [0.4, 0.5) is 0 Å². The minimum absolute atomic E-state index is 0.158. The molecule has 4 nitrogen and oxygen atoms in total. The number of aliphatic carboxylic acids is 1. The molecule has 0 saturated heterocycles. The van der Waals surface area contributed by atoms with Crippen molar-refractivity contribution in [1.29, 1.82) is 0 Å². The van der Waals surface area contributed by atoms with Crippen LogP contribution >= 0.6 is 15.9 Å². The zero-order chi connectivity index (χ0) is 16.1. The van der Waals surface area contributed by atoms with E-state index in [-0.39, 0.29) is 5.41 Å². The molecule has 0 unspecified atom stereocenters. The molecule has 1 saturated carbocycles. The molecule has 0 heterocycles. The van der Waals surface area contributed by atoms with Crippen LogP contribution in [0.5, 0.6) is 5.75 Å². The molecule has 0 radical (unpaired) electrons. The summed E-state index contributed by atoms with van der Waals surface area (Å²) in [4.78, 5) is 11.4. The predicted molar refractivity (Wildman–Crippen MR) is 89.3 cm³/mol. The van der Waals surface area contributed by atoms with E-state index < -0.39 is 11.5 Å². The van der Waals surface area contributed by atoms with Crippen molar-refractivity contribution in [3.63, 3.8) is 0 Å². The van der Waals surface area contributed by atoms with Crippen molar-refractivity contribution in [3.8, 4) is 5.75 Å². The van der Waals surface area contributed by atoms with Gasteiger partial charge in [0.15, 0.2) is 0 Å². The summed E-state index contributed by atoms with van der Waals surface area (Å²) in [6.07, 6.45) is 4.55. The summed E-state index contributed by atoms with van der Waals surface area (Å²) in [6.45, 7) is 2.03. The fraction of sp³-hybridized carbons (Fsp3) is 0.471. The highest BCUT2D eigenvalue weighted by Gasteiger charge is 2.49. The van der Waals surface area contributed by atoms with Crippen LogP contribution in [0.1, 0.15) is 42.4 Å². The molecule has 0 aromatic heterocycles. The van der Waals surface area contributed by atoms with Gasteiger partial charge in [-0.1, -0.05) is 15.9 Å². The van der Waals surface area contributed by atoms with Crippen LogP contribution in [0.15, 0.2) is 16.6 Å². The molecule has 3 rings (SSSR count). The molecule has 118 valence electrons. The quantitative estimate of drug-likeness (QED) is 0.842. The third-order valence-electron chi connectivity index (χ3n) is 5.24.